The topological polar surface area (TPSA) is 60.4 Å². The number of Topliss-reactive ketones (excluding diaryl/α,β-unsaturated/α-hetero) is 2. The SMILES string of the molecule is CCOC(=O)C(CC(=O)C12CC3CC4CC(C1)C43C2)C(=O)c1ccccc1. The van der Waals surface area contributed by atoms with Gasteiger partial charge in [-0.1, -0.05) is 30.3 Å². The van der Waals surface area contributed by atoms with E-state index >= 15 is 0 Å². The molecule has 0 N–H and O–H groups in total. The maximum Gasteiger partial charge on any atom is 0.317 e. The molecular weight excluding hydrogens is 340 g/mol. The molecule has 142 valence electrons. The summed E-state index contributed by atoms with van der Waals surface area (Å²) < 4.78 is 5.16. The van der Waals surface area contributed by atoms with Gasteiger partial charge >= 0.3 is 5.97 Å². The predicted octanol–water partition coefficient (Wildman–Crippen LogP) is 3.83. The van der Waals surface area contributed by atoms with Crippen molar-refractivity contribution in [3.05, 3.63) is 35.9 Å². The zero-order chi connectivity index (χ0) is 18.8. The molecule has 2 bridgehead atoms. The molecule has 1 aromatic carbocycles. The van der Waals surface area contributed by atoms with E-state index in [0.717, 1.165) is 25.2 Å². The van der Waals surface area contributed by atoms with E-state index in [9.17, 15) is 14.4 Å². The Bertz CT molecular complexity index is 795. The van der Waals surface area contributed by atoms with Crippen LogP contribution in [0.25, 0.3) is 0 Å². The zero-order valence-electron chi connectivity index (χ0n) is 15.8. The molecule has 0 aromatic heterocycles. The summed E-state index contributed by atoms with van der Waals surface area (Å²) in [4.78, 5) is 38.9. The second-order valence-corrected chi connectivity index (χ2v) is 9.20. The number of carbonyl (C=O) groups excluding carboxylic acids is 3. The molecule has 4 saturated carbocycles. The number of fused-ring (bicyclic) bond motifs is 1. The number of rotatable bonds is 7. The van der Waals surface area contributed by atoms with Crippen molar-refractivity contribution in [2.45, 2.75) is 45.4 Å². The third-order valence-corrected chi connectivity index (χ3v) is 8.26. The second kappa shape index (κ2) is 5.76. The first kappa shape index (κ1) is 17.2. The maximum absolute atomic E-state index is 13.4. The maximum atomic E-state index is 13.4. The summed E-state index contributed by atoms with van der Waals surface area (Å²) in [5.41, 5.74) is 0.651. The van der Waals surface area contributed by atoms with Crippen LogP contribution in [-0.2, 0) is 14.3 Å². The fourth-order valence-corrected chi connectivity index (χ4v) is 7.13. The Morgan fingerprint density at radius 1 is 1.07 bits per heavy atom. The van der Waals surface area contributed by atoms with Gasteiger partial charge in [-0.15, -0.1) is 0 Å². The van der Waals surface area contributed by atoms with E-state index in [1.54, 1.807) is 31.2 Å². The summed E-state index contributed by atoms with van der Waals surface area (Å²) >= 11 is 0. The molecule has 3 unspecified atom stereocenters. The van der Waals surface area contributed by atoms with E-state index in [-0.39, 0.29) is 30.0 Å². The lowest BCUT2D eigenvalue weighted by Crippen LogP contribution is -2.59. The summed E-state index contributed by atoms with van der Waals surface area (Å²) in [6.45, 7) is 1.94. The Hall–Kier alpha value is -1.97. The van der Waals surface area contributed by atoms with Crippen molar-refractivity contribution < 1.29 is 19.1 Å². The van der Waals surface area contributed by atoms with Crippen LogP contribution in [0.3, 0.4) is 0 Å². The minimum Gasteiger partial charge on any atom is -0.465 e. The normalized spacial score (nSPS) is 38.3. The first-order chi connectivity index (χ1) is 13.0. The lowest BCUT2D eigenvalue weighted by molar-refractivity contribution is -0.178. The third-order valence-electron chi connectivity index (χ3n) is 8.26. The van der Waals surface area contributed by atoms with Crippen molar-refractivity contribution in [3.63, 3.8) is 0 Å². The standard InChI is InChI=1S/C23H26O4/c1-2-27-21(26)18(20(25)14-6-4-3-5-7-14)10-19(24)22-11-16-8-15-9-17(12-22)23(15,16)13-22/h3-7,15-18H,2,8-13H2,1H3. The van der Waals surface area contributed by atoms with Crippen molar-refractivity contribution in [2.75, 3.05) is 6.61 Å². The van der Waals surface area contributed by atoms with Crippen LogP contribution in [0.15, 0.2) is 30.3 Å². The molecule has 1 spiro atoms. The average molecular weight is 366 g/mol. The summed E-state index contributed by atoms with van der Waals surface area (Å²) in [7, 11) is 0. The van der Waals surface area contributed by atoms with Gasteiger partial charge in [0.15, 0.2) is 5.78 Å². The van der Waals surface area contributed by atoms with Gasteiger partial charge in [0.05, 0.1) is 6.61 Å². The molecule has 1 aromatic rings. The highest BCUT2D eigenvalue weighted by Crippen LogP contribution is 2.84. The Kier molecular flexibility index (Phi) is 3.66. The molecule has 27 heavy (non-hydrogen) atoms. The third kappa shape index (κ3) is 2.19. The van der Waals surface area contributed by atoms with E-state index in [0.29, 0.717) is 22.8 Å². The Morgan fingerprint density at radius 2 is 1.74 bits per heavy atom. The van der Waals surface area contributed by atoms with Crippen molar-refractivity contribution in [3.8, 4) is 0 Å². The molecule has 4 fully saturated rings. The van der Waals surface area contributed by atoms with Gasteiger partial charge in [-0.05, 0) is 62.2 Å². The van der Waals surface area contributed by atoms with Gasteiger partial charge in [-0.25, -0.2) is 0 Å². The molecule has 3 atom stereocenters. The van der Waals surface area contributed by atoms with Crippen molar-refractivity contribution >= 4 is 17.5 Å². The lowest BCUT2D eigenvalue weighted by Gasteiger charge is -2.66. The molecule has 4 nitrogen and oxygen atoms in total. The molecule has 0 radical (unpaired) electrons. The number of benzene rings is 1. The summed E-state index contributed by atoms with van der Waals surface area (Å²) in [6, 6.07) is 8.79. The molecule has 0 amide bonds. The van der Waals surface area contributed by atoms with Crippen LogP contribution in [0, 0.1) is 34.5 Å². The fourth-order valence-electron chi connectivity index (χ4n) is 7.13. The number of ether oxygens (including phenoxy) is 1. The number of hydrogen-bond acceptors (Lipinski definition) is 4. The largest absolute Gasteiger partial charge is 0.465 e. The first-order valence-electron chi connectivity index (χ1n) is 10.3. The minimum absolute atomic E-state index is 0.00719. The first-order valence-corrected chi connectivity index (χ1v) is 10.3. The van der Waals surface area contributed by atoms with E-state index in [2.05, 4.69) is 0 Å². The van der Waals surface area contributed by atoms with Crippen molar-refractivity contribution in [1.82, 2.24) is 0 Å². The summed E-state index contributed by atoms with van der Waals surface area (Å²) in [5.74, 6) is 0.526. The van der Waals surface area contributed by atoms with Gasteiger partial charge in [0.2, 0.25) is 0 Å². The van der Waals surface area contributed by atoms with Crippen LogP contribution < -0.4 is 0 Å². The van der Waals surface area contributed by atoms with Gasteiger partial charge in [0, 0.05) is 17.4 Å². The molecule has 4 aliphatic carbocycles. The van der Waals surface area contributed by atoms with E-state index < -0.39 is 11.9 Å². The van der Waals surface area contributed by atoms with Crippen LogP contribution in [0.1, 0.15) is 55.8 Å². The monoisotopic (exact) mass is 366 g/mol. The molecule has 4 aliphatic rings. The molecule has 0 saturated heterocycles. The summed E-state index contributed by atoms with van der Waals surface area (Å²) in [5, 5.41) is 0. The molecule has 5 rings (SSSR count). The van der Waals surface area contributed by atoms with Gasteiger partial charge in [-0.2, -0.15) is 0 Å². The predicted molar refractivity (Wildman–Crippen MR) is 98.9 cm³/mol. The molecular formula is C23H26O4. The van der Waals surface area contributed by atoms with Gasteiger partial charge in [-0.3, -0.25) is 14.4 Å². The van der Waals surface area contributed by atoms with E-state index in [1.165, 1.54) is 12.8 Å². The Labute approximate surface area is 159 Å². The van der Waals surface area contributed by atoms with Crippen LogP contribution in [-0.4, -0.2) is 24.1 Å². The smallest absolute Gasteiger partial charge is 0.317 e. The van der Waals surface area contributed by atoms with Crippen molar-refractivity contribution in [1.29, 1.82) is 0 Å². The minimum atomic E-state index is -1.01. The van der Waals surface area contributed by atoms with E-state index in [1.807, 2.05) is 6.07 Å². The van der Waals surface area contributed by atoms with Crippen LogP contribution in [0.2, 0.25) is 0 Å². The molecule has 0 heterocycles. The highest BCUT2D eigenvalue weighted by atomic mass is 16.5. The molecule has 4 heteroatoms. The number of carbonyl (C=O) groups is 3. The van der Waals surface area contributed by atoms with Gasteiger partial charge in [0.1, 0.15) is 11.7 Å². The van der Waals surface area contributed by atoms with Crippen molar-refractivity contribution in [2.24, 2.45) is 34.5 Å². The van der Waals surface area contributed by atoms with Crippen LogP contribution >= 0.6 is 0 Å². The number of hydrogen-bond donors (Lipinski definition) is 0. The van der Waals surface area contributed by atoms with Crippen LogP contribution in [0.4, 0.5) is 0 Å². The lowest BCUT2D eigenvalue weighted by atomic mass is 9.38. The zero-order valence-corrected chi connectivity index (χ0v) is 15.8. The highest BCUT2D eigenvalue weighted by molar-refractivity contribution is 6.11. The van der Waals surface area contributed by atoms with E-state index in [4.69, 9.17) is 4.74 Å². The average Bonchev–Trinajstić information content (AvgIpc) is 3.14. The second-order valence-electron chi connectivity index (χ2n) is 9.20. The quantitative estimate of drug-likeness (QED) is 0.418. The van der Waals surface area contributed by atoms with Gasteiger partial charge in [0.25, 0.3) is 0 Å². The Balaban J connectivity index is 1.38. The number of ketones is 2. The van der Waals surface area contributed by atoms with Gasteiger partial charge < -0.3 is 4.74 Å². The highest BCUT2D eigenvalue weighted by Gasteiger charge is 2.78. The fraction of sp³-hybridized carbons (Fsp3) is 0.609. The summed E-state index contributed by atoms with van der Waals surface area (Å²) in [6.07, 6.45) is 5.54. The van der Waals surface area contributed by atoms with Crippen LogP contribution in [0.5, 0.6) is 0 Å². The number of esters is 1. The Morgan fingerprint density at radius 3 is 2.30 bits per heavy atom. The molecule has 0 aliphatic heterocycles.